The summed E-state index contributed by atoms with van der Waals surface area (Å²) in [6.45, 7) is 6.70. The molecule has 0 aromatic heterocycles. The number of benzene rings is 1. The average Bonchev–Trinajstić information content (AvgIpc) is 2.30. The second kappa shape index (κ2) is 5.75. The molecule has 0 radical (unpaired) electrons. The van der Waals surface area contributed by atoms with Gasteiger partial charge in [0.05, 0.1) is 5.69 Å². The van der Waals surface area contributed by atoms with Crippen LogP contribution in [-0.2, 0) is 6.42 Å². The predicted octanol–water partition coefficient (Wildman–Crippen LogP) is 3.14. The van der Waals surface area contributed by atoms with Crippen molar-refractivity contribution >= 4 is 11.4 Å². The summed E-state index contributed by atoms with van der Waals surface area (Å²) in [7, 11) is 0. The van der Waals surface area contributed by atoms with Crippen molar-refractivity contribution in [2.75, 3.05) is 17.3 Å². The number of hydroxylamine groups is 1. The first-order chi connectivity index (χ1) is 7.61. The molecular weight excluding hydrogens is 200 g/mol. The highest BCUT2D eigenvalue weighted by Crippen LogP contribution is 2.28. The Bertz CT molecular complexity index is 350. The van der Waals surface area contributed by atoms with E-state index in [9.17, 15) is 5.21 Å². The summed E-state index contributed by atoms with van der Waals surface area (Å²) < 4.78 is 0. The smallest absolute Gasteiger partial charge is 0.0670 e. The minimum atomic E-state index is 0.586. The van der Waals surface area contributed by atoms with Gasteiger partial charge in [-0.2, -0.15) is 0 Å². The zero-order chi connectivity index (χ0) is 12.1. The number of unbranched alkanes of at least 4 members (excludes halogenated alkanes) is 1. The van der Waals surface area contributed by atoms with E-state index in [0.29, 0.717) is 6.54 Å². The molecule has 3 heteroatoms. The molecule has 0 aliphatic carbocycles. The summed E-state index contributed by atoms with van der Waals surface area (Å²) in [5, 5.41) is 11.1. The lowest BCUT2D eigenvalue weighted by atomic mass is 9.99. The van der Waals surface area contributed by atoms with Gasteiger partial charge in [0.2, 0.25) is 0 Å². The molecule has 0 spiro atoms. The van der Waals surface area contributed by atoms with Crippen LogP contribution in [0.3, 0.4) is 0 Å². The third-order valence-electron chi connectivity index (χ3n) is 2.97. The van der Waals surface area contributed by atoms with Crippen LogP contribution in [0, 0.1) is 6.92 Å². The SMILES string of the molecule is CCCCc1c(N(O)CC)ccc(N)c1C. The highest BCUT2D eigenvalue weighted by Gasteiger charge is 2.11. The molecule has 3 N–H and O–H groups in total. The zero-order valence-corrected chi connectivity index (χ0v) is 10.5. The minimum absolute atomic E-state index is 0.586. The van der Waals surface area contributed by atoms with Crippen LogP contribution in [0.15, 0.2) is 12.1 Å². The number of hydrogen-bond acceptors (Lipinski definition) is 3. The monoisotopic (exact) mass is 222 g/mol. The molecule has 0 fully saturated rings. The topological polar surface area (TPSA) is 49.5 Å². The maximum atomic E-state index is 9.82. The number of anilines is 2. The largest absolute Gasteiger partial charge is 0.399 e. The molecule has 0 unspecified atom stereocenters. The lowest BCUT2D eigenvalue weighted by Gasteiger charge is -2.21. The summed E-state index contributed by atoms with van der Waals surface area (Å²) in [6.07, 6.45) is 3.24. The van der Waals surface area contributed by atoms with Gasteiger partial charge < -0.3 is 5.73 Å². The van der Waals surface area contributed by atoms with Crippen molar-refractivity contribution in [3.63, 3.8) is 0 Å². The number of nitrogens with two attached hydrogens (primary N) is 1. The third-order valence-corrected chi connectivity index (χ3v) is 2.97. The van der Waals surface area contributed by atoms with Crippen molar-refractivity contribution in [1.82, 2.24) is 0 Å². The Morgan fingerprint density at radius 3 is 2.56 bits per heavy atom. The van der Waals surface area contributed by atoms with Gasteiger partial charge in [-0.05, 0) is 49.9 Å². The standard InChI is InChI=1S/C13H22N2O/c1-4-6-7-11-10(3)12(14)8-9-13(11)15(16)5-2/h8-9,16H,4-7,14H2,1-3H3. The van der Waals surface area contributed by atoms with Crippen molar-refractivity contribution in [3.05, 3.63) is 23.3 Å². The summed E-state index contributed by atoms with van der Waals surface area (Å²) in [5.41, 5.74) is 9.87. The van der Waals surface area contributed by atoms with E-state index in [2.05, 4.69) is 6.92 Å². The maximum Gasteiger partial charge on any atom is 0.0670 e. The molecule has 16 heavy (non-hydrogen) atoms. The quantitative estimate of drug-likeness (QED) is 0.594. The molecule has 1 aromatic rings. The molecule has 0 atom stereocenters. The van der Waals surface area contributed by atoms with Gasteiger partial charge in [-0.25, -0.2) is 0 Å². The molecular formula is C13H22N2O. The molecule has 90 valence electrons. The summed E-state index contributed by atoms with van der Waals surface area (Å²) >= 11 is 0. The first kappa shape index (κ1) is 12.8. The van der Waals surface area contributed by atoms with E-state index >= 15 is 0 Å². The fourth-order valence-electron chi connectivity index (χ4n) is 1.84. The van der Waals surface area contributed by atoms with Gasteiger partial charge in [0.25, 0.3) is 0 Å². The predicted molar refractivity (Wildman–Crippen MR) is 69.0 cm³/mol. The van der Waals surface area contributed by atoms with Gasteiger partial charge in [-0.15, -0.1) is 0 Å². The van der Waals surface area contributed by atoms with Crippen molar-refractivity contribution in [3.8, 4) is 0 Å². The normalized spacial score (nSPS) is 10.5. The molecule has 0 aliphatic heterocycles. The van der Waals surface area contributed by atoms with Crippen LogP contribution in [0.2, 0.25) is 0 Å². The van der Waals surface area contributed by atoms with Crippen LogP contribution in [0.4, 0.5) is 11.4 Å². The second-order valence-corrected chi connectivity index (χ2v) is 4.10. The van der Waals surface area contributed by atoms with Crippen LogP contribution in [0.5, 0.6) is 0 Å². The van der Waals surface area contributed by atoms with E-state index in [4.69, 9.17) is 5.73 Å². The van der Waals surface area contributed by atoms with Gasteiger partial charge in [0, 0.05) is 12.2 Å². The Labute approximate surface area is 97.8 Å². The Morgan fingerprint density at radius 1 is 1.31 bits per heavy atom. The van der Waals surface area contributed by atoms with E-state index in [1.165, 1.54) is 10.6 Å². The number of rotatable bonds is 5. The van der Waals surface area contributed by atoms with Crippen molar-refractivity contribution < 1.29 is 5.21 Å². The maximum absolute atomic E-state index is 9.82. The fraction of sp³-hybridized carbons (Fsp3) is 0.538. The van der Waals surface area contributed by atoms with Gasteiger partial charge in [0.15, 0.2) is 0 Å². The van der Waals surface area contributed by atoms with Crippen LogP contribution in [-0.4, -0.2) is 11.8 Å². The van der Waals surface area contributed by atoms with E-state index in [1.807, 2.05) is 26.0 Å². The van der Waals surface area contributed by atoms with E-state index < -0.39 is 0 Å². The zero-order valence-electron chi connectivity index (χ0n) is 10.5. The van der Waals surface area contributed by atoms with Gasteiger partial charge in [-0.3, -0.25) is 10.3 Å². The molecule has 0 saturated heterocycles. The highest BCUT2D eigenvalue weighted by atomic mass is 16.5. The molecule has 1 rings (SSSR count). The molecule has 0 saturated carbocycles. The molecule has 0 heterocycles. The van der Waals surface area contributed by atoms with Crippen LogP contribution in [0.1, 0.15) is 37.8 Å². The highest BCUT2D eigenvalue weighted by molar-refractivity contribution is 5.63. The molecule has 0 aliphatic rings. The molecule has 3 nitrogen and oxygen atoms in total. The van der Waals surface area contributed by atoms with Crippen molar-refractivity contribution in [1.29, 1.82) is 0 Å². The van der Waals surface area contributed by atoms with Gasteiger partial charge in [0.1, 0.15) is 0 Å². The lowest BCUT2D eigenvalue weighted by molar-refractivity contribution is 0.259. The Kier molecular flexibility index (Phi) is 4.62. The lowest BCUT2D eigenvalue weighted by Crippen LogP contribution is -2.19. The summed E-state index contributed by atoms with van der Waals surface area (Å²) in [5.74, 6) is 0. The Hall–Kier alpha value is -1.22. The second-order valence-electron chi connectivity index (χ2n) is 4.10. The van der Waals surface area contributed by atoms with Crippen LogP contribution < -0.4 is 10.8 Å². The van der Waals surface area contributed by atoms with Gasteiger partial charge in [-0.1, -0.05) is 13.3 Å². The first-order valence-electron chi connectivity index (χ1n) is 5.96. The molecule has 0 bridgehead atoms. The molecule has 1 aromatic carbocycles. The molecule has 0 amide bonds. The Morgan fingerprint density at radius 2 is 2.00 bits per heavy atom. The third kappa shape index (κ3) is 2.67. The van der Waals surface area contributed by atoms with E-state index in [1.54, 1.807) is 0 Å². The Balaban J connectivity index is 3.10. The van der Waals surface area contributed by atoms with E-state index in [0.717, 1.165) is 36.2 Å². The van der Waals surface area contributed by atoms with Crippen LogP contribution in [0.25, 0.3) is 0 Å². The average molecular weight is 222 g/mol. The summed E-state index contributed by atoms with van der Waals surface area (Å²) in [4.78, 5) is 0. The van der Waals surface area contributed by atoms with E-state index in [-0.39, 0.29) is 0 Å². The number of nitrogen functional groups attached to an aromatic ring is 1. The number of hydrogen-bond donors (Lipinski definition) is 2. The fourth-order valence-corrected chi connectivity index (χ4v) is 1.84. The van der Waals surface area contributed by atoms with Crippen LogP contribution >= 0.6 is 0 Å². The van der Waals surface area contributed by atoms with Crippen molar-refractivity contribution in [2.45, 2.75) is 40.0 Å². The summed E-state index contributed by atoms with van der Waals surface area (Å²) in [6, 6.07) is 3.76. The van der Waals surface area contributed by atoms with Gasteiger partial charge >= 0.3 is 0 Å². The number of nitrogens with zero attached hydrogens (tertiary/aromatic N) is 1. The first-order valence-corrected chi connectivity index (χ1v) is 5.96. The minimum Gasteiger partial charge on any atom is -0.399 e. The van der Waals surface area contributed by atoms with Crippen molar-refractivity contribution in [2.24, 2.45) is 0 Å².